The molecule has 106 valence electrons. The van der Waals surface area contributed by atoms with Crippen LogP contribution in [0.2, 0.25) is 0 Å². The van der Waals surface area contributed by atoms with Crippen LogP contribution in [0.1, 0.15) is 18.9 Å². The number of hydrogen-bond donors (Lipinski definition) is 1. The van der Waals surface area contributed by atoms with Gasteiger partial charge in [-0.1, -0.05) is 12.1 Å². The standard InChI is InChI=1S/C15H24N2O2/c1-12(18)11-17(4)15(19)10-7-13-5-8-14(9-6-13)16(2)3/h5-6,8-9,12,18H,7,10-11H2,1-4H3. The molecular weight excluding hydrogens is 240 g/mol. The summed E-state index contributed by atoms with van der Waals surface area (Å²) in [5.41, 5.74) is 2.31. The largest absolute Gasteiger partial charge is 0.392 e. The van der Waals surface area contributed by atoms with Crippen LogP contribution in [0.15, 0.2) is 24.3 Å². The number of benzene rings is 1. The summed E-state index contributed by atoms with van der Waals surface area (Å²) in [5.74, 6) is 0.0672. The van der Waals surface area contributed by atoms with Gasteiger partial charge in [0, 0.05) is 39.8 Å². The van der Waals surface area contributed by atoms with E-state index in [4.69, 9.17) is 0 Å². The molecule has 1 amide bonds. The Bertz CT molecular complexity index is 399. The fraction of sp³-hybridized carbons (Fsp3) is 0.533. The van der Waals surface area contributed by atoms with E-state index in [9.17, 15) is 9.90 Å². The Morgan fingerprint density at radius 1 is 1.21 bits per heavy atom. The van der Waals surface area contributed by atoms with Crippen LogP contribution < -0.4 is 4.90 Å². The molecule has 0 aliphatic rings. The molecule has 0 aromatic heterocycles. The molecule has 0 aliphatic carbocycles. The average Bonchev–Trinajstić information content (AvgIpc) is 2.35. The van der Waals surface area contributed by atoms with Crippen molar-refractivity contribution in [1.82, 2.24) is 4.90 Å². The van der Waals surface area contributed by atoms with E-state index in [-0.39, 0.29) is 5.91 Å². The lowest BCUT2D eigenvalue weighted by Crippen LogP contribution is -2.33. The van der Waals surface area contributed by atoms with E-state index in [1.54, 1.807) is 18.9 Å². The Morgan fingerprint density at radius 3 is 2.26 bits per heavy atom. The molecule has 1 unspecified atom stereocenters. The fourth-order valence-corrected chi connectivity index (χ4v) is 1.90. The van der Waals surface area contributed by atoms with Gasteiger partial charge in [0.05, 0.1) is 6.10 Å². The van der Waals surface area contributed by atoms with E-state index in [0.717, 1.165) is 17.7 Å². The third-order valence-corrected chi connectivity index (χ3v) is 3.04. The lowest BCUT2D eigenvalue weighted by atomic mass is 10.1. The van der Waals surface area contributed by atoms with Crippen molar-refractivity contribution in [2.75, 3.05) is 32.6 Å². The van der Waals surface area contributed by atoms with Gasteiger partial charge in [-0.25, -0.2) is 0 Å². The first-order valence-corrected chi connectivity index (χ1v) is 6.58. The molecule has 1 aromatic rings. The number of rotatable bonds is 6. The van der Waals surface area contributed by atoms with Crippen LogP contribution in [0, 0.1) is 0 Å². The molecule has 1 N–H and O–H groups in total. The number of aliphatic hydroxyl groups is 1. The summed E-state index contributed by atoms with van der Waals surface area (Å²) in [6.07, 6.45) is 0.731. The van der Waals surface area contributed by atoms with Crippen LogP contribution in [-0.2, 0) is 11.2 Å². The number of carbonyl (C=O) groups is 1. The van der Waals surface area contributed by atoms with Gasteiger partial charge in [-0.3, -0.25) is 4.79 Å². The van der Waals surface area contributed by atoms with Gasteiger partial charge >= 0.3 is 0 Å². The second-order valence-corrected chi connectivity index (χ2v) is 5.18. The Kier molecular flexibility index (Phi) is 5.83. The molecule has 0 spiro atoms. The van der Waals surface area contributed by atoms with Gasteiger partial charge in [0.15, 0.2) is 0 Å². The fourth-order valence-electron chi connectivity index (χ4n) is 1.90. The summed E-state index contributed by atoms with van der Waals surface area (Å²) in [6, 6.07) is 8.22. The predicted molar refractivity (Wildman–Crippen MR) is 78.4 cm³/mol. The third-order valence-electron chi connectivity index (χ3n) is 3.04. The number of aryl methyl sites for hydroxylation is 1. The summed E-state index contributed by atoms with van der Waals surface area (Å²) in [7, 11) is 5.73. The van der Waals surface area contributed by atoms with E-state index in [1.165, 1.54) is 0 Å². The van der Waals surface area contributed by atoms with Crippen molar-refractivity contribution in [1.29, 1.82) is 0 Å². The van der Waals surface area contributed by atoms with Gasteiger partial charge in [0.2, 0.25) is 5.91 Å². The highest BCUT2D eigenvalue weighted by atomic mass is 16.3. The van der Waals surface area contributed by atoms with Gasteiger partial charge in [-0.15, -0.1) is 0 Å². The van der Waals surface area contributed by atoms with E-state index >= 15 is 0 Å². The summed E-state index contributed by atoms with van der Waals surface area (Å²) < 4.78 is 0. The molecule has 1 aromatic carbocycles. The van der Waals surface area contributed by atoms with Crippen LogP contribution in [0.25, 0.3) is 0 Å². The highest BCUT2D eigenvalue weighted by Gasteiger charge is 2.10. The summed E-state index contributed by atoms with van der Waals surface area (Å²) in [4.78, 5) is 15.5. The number of likely N-dealkylation sites (N-methyl/N-ethyl adjacent to an activating group) is 1. The number of aliphatic hydroxyl groups excluding tert-OH is 1. The zero-order valence-electron chi connectivity index (χ0n) is 12.3. The molecule has 19 heavy (non-hydrogen) atoms. The van der Waals surface area contributed by atoms with Crippen LogP contribution in [0.5, 0.6) is 0 Å². The molecule has 0 saturated carbocycles. The SMILES string of the molecule is CC(O)CN(C)C(=O)CCc1ccc(N(C)C)cc1. The quantitative estimate of drug-likeness (QED) is 0.847. The highest BCUT2D eigenvalue weighted by Crippen LogP contribution is 2.13. The molecule has 4 nitrogen and oxygen atoms in total. The minimum absolute atomic E-state index is 0.0672. The predicted octanol–water partition coefficient (Wildman–Crippen LogP) is 1.52. The Morgan fingerprint density at radius 2 is 1.79 bits per heavy atom. The Hall–Kier alpha value is -1.55. The first kappa shape index (κ1) is 15.5. The number of amides is 1. The van der Waals surface area contributed by atoms with Crippen molar-refractivity contribution >= 4 is 11.6 Å². The van der Waals surface area contributed by atoms with Gasteiger partial charge in [0.1, 0.15) is 0 Å². The maximum Gasteiger partial charge on any atom is 0.222 e. The van der Waals surface area contributed by atoms with Crippen LogP contribution in [0.4, 0.5) is 5.69 Å². The monoisotopic (exact) mass is 264 g/mol. The van der Waals surface area contributed by atoms with E-state index in [2.05, 4.69) is 24.3 Å². The second-order valence-electron chi connectivity index (χ2n) is 5.18. The molecule has 4 heteroatoms. The van der Waals surface area contributed by atoms with Gasteiger partial charge in [-0.05, 0) is 31.0 Å². The molecule has 1 atom stereocenters. The van der Waals surface area contributed by atoms with E-state index in [0.29, 0.717) is 13.0 Å². The maximum atomic E-state index is 11.8. The smallest absolute Gasteiger partial charge is 0.222 e. The average molecular weight is 264 g/mol. The van der Waals surface area contributed by atoms with Gasteiger partial charge in [0.25, 0.3) is 0 Å². The molecular formula is C15H24N2O2. The van der Waals surface area contributed by atoms with Crippen molar-refractivity contribution in [3.05, 3.63) is 29.8 Å². The number of hydrogen-bond acceptors (Lipinski definition) is 3. The van der Waals surface area contributed by atoms with E-state index in [1.807, 2.05) is 19.0 Å². The lowest BCUT2D eigenvalue weighted by molar-refractivity contribution is -0.131. The van der Waals surface area contributed by atoms with Crippen LogP contribution >= 0.6 is 0 Å². The molecule has 0 bridgehead atoms. The molecule has 0 saturated heterocycles. The topological polar surface area (TPSA) is 43.8 Å². The maximum absolute atomic E-state index is 11.8. The third kappa shape index (κ3) is 5.30. The molecule has 1 rings (SSSR count). The summed E-state index contributed by atoms with van der Waals surface area (Å²) in [5, 5.41) is 9.24. The molecule has 0 radical (unpaired) electrons. The Balaban J connectivity index is 2.46. The minimum Gasteiger partial charge on any atom is -0.392 e. The van der Waals surface area contributed by atoms with Crippen molar-refractivity contribution in [2.24, 2.45) is 0 Å². The highest BCUT2D eigenvalue weighted by molar-refractivity contribution is 5.76. The van der Waals surface area contributed by atoms with Gasteiger partial charge in [-0.2, -0.15) is 0 Å². The van der Waals surface area contributed by atoms with Crippen molar-refractivity contribution < 1.29 is 9.90 Å². The van der Waals surface area contributed by atoms with Gasteiger partial charge < -0.3 is 14.9 Å². The number of carbonyl (C=O) groups excluding carboxylic acids is 1. The summed E-state index contributed by atoms with van der Waals surface area (Å²) >= 11 is 0. The van der Waals surface area contributed by atoms with E-state index < -0.39 is 6.10 Å². The normalized spacial score (nSPS) is 12.1. The first-order valence-electron chi connectivity index (χ1n) is 6.58. The van der Waals surface area contributed by atoms with Crippen LogP contribution in [-0.4, -0.2) is 49.7 Å². The van der Waals surface area contributed by atoms with Crippen molar-refractivity contribution in [3.8, 4) is 0 Å². The second kappa shape index (κ2) is 7.14. The zero-order valence-corrected chi connectivity index (χ0v) is 12.3. The number of nitrogens with zero attached hydrogens (tertiary/aromatic N) is 2. The Labute approximate surface area is 115 Å². The van der Waals surface area contributed by atoms with Crippen molar-refractivity contribution in [2.45, 2.75) is 25.9 Å². The lowest BCUT2D eigenvalue weighted by Gasteiger charge is -2.18. The first-order chi connectivity index (χ1) is 8.90. The minimum atomic E-state index is -0.478. The molecule has 0 fully saturated rings. The molecule has 0 aliphatic heterocycles. The zero-order chi connectivity index (χ0) is 14.4. The number of anilines is 1. The summed E-state index contributed by atoms with van der Waals surface area (Å²) in [6.45, 7) is 2.07. The molecule has 0 heterocycles. The van der Waals surface area contributed by atoms with Crippen LogP contribution in [0.3, 0.4) is 0 Å². The van der Waals surface area contributed by atoms with Crippen molar-refractivity contribution in [3.63, 3.8) is 0 Å².